The summed E-state index contributed by atoms with van der Waals surface area (Å²) in [5.74, 6) is -0.728. The molecule has 0 unspecified atom stereocenters. The van der Waals surface area contributed by atoms with E-state index in [-0.39, 0.29) is 35.3 Å². The first-order valence-electron chi connectivity index (χ1n) is 9.10. The Labute approximate surface area is 164 Å². The first-order chi connectivity index (χ1) is 13.3. The van der Waals surface area contributed by atoms with Gasteiger partial charge in [0.15, 0.2) is 0 Å². The molecule has 6 nitrogen and oxygen atoms in total. The predicted octanol–water partition coefficient (Wildman–Crippen LogP) is 2.82. The molecule has 0 aliphatic carbocycles. The highest BCUT2D eigenvalue weighted by atomic mass is 32.2. The van der Waals surface area contributed by atoms with Crippen molar-refractivity contribution in [2.45, 2.75) is 18.7 Å². The lowest BCUT2D eigenvalue weighted by Crippen LogP contribution is -2.41. The van der Waals surface area contributed by atoms with Crippen molar-refractivity contribution in [2.24, 2.45) is 0 Å². The first kappa shape index (κ1) is 20.4. The van der Waals surface area contributed by atoms with Crippen LogP contribution in [0.25, 0.3) is 0 Å². The average molecular weight is 406 g/mol. The number of rotatable bonds is 5. The van der Waals surface area contributed by atoms with E-state index in [9.17, 15) is 17.6 Å². The second-order valence-corrected chi connectivity index (χ2v) is 8.43. The van der Waals surface area contributed by atoms with Gasteiger partial charge in [-0.15, -0.1) is 0 Å². The minimum Gasteiger partial charge on any atom is -0.379 e. The van der Waals surface area contributed by atoms with Crippen molar-refractivity contribution < 1.29 is 22.3 Å². The van der Waals surface area contributed by atoms with Crippen LogP contribution in [0.5, 0.6) is 0 Å². The number of hydrogen-bond donors (Lipinski definition) is 0. The van der Waals surface area contributed by atoms with E-state index in [1.807, 2.05) is 0 Å². The third kappa shape index (κ3) is 4.09. The third-order valence-corrected chi connectivity index (χ3v) is 6.76. The van der Waals surface area contributed by atoms with E-state index >= 15 is 0 Å². The molecule has 1 saturated heterocycles. The Morgan fingerprint density at radius 3 is 2.39 bits per heavy atom. The first-order valence-corrected chi connectivity index (χ1v) is 10.5. The van der Waals surface area contributed by atoms with Gasteiger partial charge in [0.1, 0.15) is 5.82 Å². The number of anilines is 1. The number of ether oxygens (including phenoxy) is 1. The van der Waals surface area contributed by atoms with E-state index in [1.165, 1.54) is 39.5 Å². The number of carbonyl (C=O) groups is 1. The lowest BCUT2D eigenvalue weighted by molar-refractivity contribution is 0.0730. The standard InChI is InChI=1S/C20H23FN2O4S/c1-3-23(18-8-6-17(21)7-9-18)20(24)16-5-4-15(2)19(14-16)28(25,26)22-10-12-27-13-11-22/h4-9,14H,3,10-13H2,1-2H3. The van der Waals surface area contributed by atoms with Gasteiger partial charge in [-0.3, -0.25) is 4.79 Å². The highest BCUT2D eigenvalue weighted by molar-refractivity contribution is 7.89. The van der Waals surface area contributed by atoms with Gasteiger partial charge in [-0.25, -0.2) is 12.8 Å². The zero-order chi connectivity index (χ0) is 20.3. The van der Waals surface area contributed by atoms with Crippen LogP contribution in [0.1, 0.15) is 22.8 Å². The van der Waals surface area contributed by atoms with Crippen molar-refractivity contribution in [1.82, 2.24) is 4.31 Å². The van der Waals surface area contributed by atoms with Crippen LogP contribution >= 0.6 is 0 Å². The van der Waals surface area contributed by atoms with Crippen molar-refractivity contribution in [2.75, 3.05) is 37.7 Å². The van der Waals surface area contributed by atoms with Crippen molar-refractivity contribution in [3.63, 3.8) is 0 Å². The van der Waals surface area contributed by atoms with Crippen LogP contribution in [-0.2, 0) is 14.8 Å². The number of hydrogen-bond acceptors (Lipinski definition) is 4. The van der Waals surface area contributed by atoms with E-state index in [4.69, 9.17) is 4.74 Å². The molecule has 2 aromatic rings. The molecule has 0 N–H and O–H groups in total. The van der Waals surface area contributed by atoms with Gasteiger partial charge >= 0.3 is 0 Å². The molecule has 1 amide bonds. The molecule has 0 atom stereocenters. The molecule has 1 heterocycles. The van der Waals surface area contributed by atoms with Gasteiger partial charge in [0.05, 0.1) is 18.1 Å². The molecule has 2 aromatic carbocycles. The van der Waals surface area contributed by atoms with Crippen molar-refractivity contribution in [3.8, 4) is 0 Å². The van der Waals surface area contributed by atoms with E-state index in [1.54, 1.807) is 26.0 Å². The molecular weight excluding hydrogens is 383 g/mol. The fraction of sp³-hybridized carbons (Fsp3) is 0.350. The van der Waals surface area contributed by atoms with Crippen LogP contribution in [-0.4, -0.2) is 51.5 Å². The molecule has 8 heteroatoms. The smallest absolute Gasteiger partial charge is 0.258 e. The summed E-state index contributed by atoms with van der Waals surface area (Å²) >= 11 is 0. The second kappa shape index (κ2) is 8.38. The monoisotopic (exact) mass is 406 g/mol. The molecule has 1 fully saturated rings. The molecule has 1 aliphatic heterocycles. The summed E-state index contributed by atoms with van der Waals surface area (Å²) in [7, 11) is -3.72. The summed E-state index contributed by atoms with van der Waals surface area (Å²) in [6.07, 6.45) is 0. The normalized spacial score (nSPS) is 15.4. The average Bonchev–Trinajstić information content (AvgIpc) is 2.70. The second-order valence-electron chi connectivity index (χ2n) is 6.52. The van der Waals surface area contributed by atoms with Gasteiger partial charge < -0.3 is 9.64 Å². The molecule has 0 radical (unpaired) electrons. The molecular formula is C20H23FN2O4S. The Balaban J connectivity index is 1.95. The van der Waals surface area contributed by atoms with E-state index in [0.29, 0.717) is 31.0 Å². The number of halogens is 1. The molecule has 1 aliphatic rings. The SMILES string of the molecule is CCN(C(=O)c1ccc(C)c(S(=O)(=O)N2CCOCC2)c1)c1ccc(F)cc1. The lowest BCUT2D eigenvalue weighted by Gasteiger charge is -2.27. The Morgan fingerprint density at radius 1 is 1.14 bits per heavy atom. The Morgan fingerprint density at radius 2 is 1.79 bits per heavy atom. The van der Waals surface area contributed by atoms with Crippen LogP contribution in [0, 0.1) is 12.7 Å². The quantitative estimate of drug-likeness (QED) is 0.766. The highest BCUT2D eigenvalue weighted by Gasteiger charge is 2.29. The molecule has 0 aromatic heterocycles. The zero-order valence-corrected chi connectivity index (χ0v) is 16.7. The Kier molecular flexibility index (Phi) is 6.12. The fourth-order valence-electron chi connectivity index (χ4n) is 3.16. The number of aryl methyl sites for hydroxylation is 1. The Hall–Kier alpha value is -2.29. The van der Waals surface area contributed by atoms with Gasteiger partial charge in [-0.05, 0) is 55.8 Å². The molecule has 150 valence electrons. The molecule has 0 saturated carbocycles. The minimum absolute atomic E-state index is 0.121. The van der Waals surface area contributed by atoms with Gasteiger partial charge in [-0.2, -0.15) is 4.31 Å². The number of carbonyl (C=O) groups excluding carboxylic acids is 1. The number of sulfonamides is 1. The summed E-state index contributed by atoms with van der Waals surface area (Å²) in [6.45, 7) is 5.16. The maximum atomic E-state index is 13.2. The molecule has 28 heavy (non-hydrogen) atoms. The summed E-state index contributed by atoms with van der Waals surface area (Å²) in [5.41, 5.74) is 1.39. The third-order valence-electron chi connectivity index (χ3n) is 4.72. The minimum atomic E-state index is -3.72. The zero-order valence-electron chi connectivity index (χ0n) is 15.9. The molecule has 3 rings (SSSR count). The van der Waals surface area contributed by atoms with E-state index < -0.39 is 10.0 Å². The van der Waals surface area contributed by atoms with E-state index in [2.05, 4.69) is 0 Å². The van der Waals surface area contributed by atoms with Crippen molar-refractivity contribution >= 4 is 21.6 Å². The predicted molar refractivity (Wildman–Crippen MR) is 105 cm³/mol. The van der Waals surface area contributed by atoms with Crippen LogP contribution in [0.4, 0.5) is 10.1 Å². The summed E-state index contributed by atoms with van der Waals surface area (Å²) in [5, 5.41) is 0. The van der Waals surface area contributed by atoms with E-state index in [0.717, 1.165) is 0 Å². The number of benzene rings is 2. The van der Waals surface area contributed by atoms with Crippen LogP contribution in [0.3, 0.4) is 0 Å². The van der Waals surface area contributed by atoms with Gasteiger partial charge in [0.25, 0.3) is 5.91 Å². The van der Waals surface area contributed by atoms with Crippen LogP contribution in [0.15, 0.2) is 47.4 Å². The summed E-state index contributed by atoms with van der Waals surface area (Å²) in [6, 6.07) is 10.3. The number of nitrogens with zero attached hydrogens (tertiary/aromatic N) is 2. The molecule has 0 bridgehead atoms. The molecule has 0 spiro atoms. The number of amides is 1. The summed E-state index contributed by atoms with van der Waals surface area (Å²) < 4.78 is 45.9. The topological polar surface area (TPSA) is 66.9 Å². The summed E-state index contributed by atoms with van der Waals surface area (Å²) in [4.78, 5) is 14.6. The van der Waals surface area contributed by atoms with Gasteiger partial charge in [0.2, 0.25) is 10.0 Å². The fourth-order valence-corrected chi connectivity index (χ4v) is 4.82. The lowest BCUT2D eigenvalue weighted by atomic mass is 10.1. The maximum absolute atomic E-state index is 13.2. The Bertz CT molecular complexity index is 955. The largest absolute Gasteiger partial charge is 0.379 e. The van der Waals surface area contributed by atoms with Crippen molar-refractivity contribution in [1.29, 1.82) is 0 Å². The van der Waals surface area contributed by atoms with Gasteiger partial charge in [0, 0.05) is 30.9 Å². The highest BCUT2D eigenvalue weighted by Crippen LogP contribution is 2.24. The number of morpholine rings is 1. The van der Waals surface area contributed by atoms with Crippen LogP contribution < -0.4 is 4.90 Å². The van der Waals surface area contributed by atoms with Gasteiger partial charge in [-0.1, -0.05) is 6.07 Å². The maximum Gasteiger partial charge on any atom is 0.258 e. The van der Waals surface area contributed by atoms with Crippen molar-refractivity contribution in [3.05, 3.63) is 59.4 Å². The van der Waals surface area contributed by atoms with Crippen LogP contribution in [0.2, 0.25) is 0 Å².